The fourth-order valence-corrected chi connectivity index (χ4v) is 6.16. The third kappa shape index (κ3) is 4.78. The molecule has 4 heterocycles. The maximum absolute atomic E-state index is 13.2. The van der Waals surface area contributed by atoms with Crippen LogP contribution >= 0.6 is 0 Å². The van der Waals surface area contributed by atoms with Crippen molar-refractivity contribution in [3.05, 3.63) is 81.1 Å². The lowest BCUT2D eigenvalue weighted by Gasteiger charge is -2.24. The molecule has 14 heteroatoms. The van der Waals surface area contributed by atoms with Crippen molar-refractivity contribution in [1.29, 1.82) is 0 Å². The van der Waals surface area contributed by atoms with Crippen molar-refractivity contribution in [3.8, 4) is 28.6 Å². The van der Waals surface area contributed by atoms with E-state index in [2.05, 4.69) is 42.3 Å². The van der Waals surface area contributed by atoms with E-state index in [1.54, 1.807) is 6.07 Å². The highest BCUT2D eigenvalue weighted by atomic mass is 16.5. The maximum Gasteiger partial charge on any atom is 0.366 e. The van der Waals surface area contributed by atoms with E-state index in [-0.39, 0.29) is 40.1 Å². The molecule has 0 unspecified atom stereocenters. The predicted molar refractivity (Wildman–Crippen MR) is 164 cm³/mol. The highest BCUT2D eigenvalue weighted by Crippen LogP contribution is 2.39. The number of aromatic hydroxyl groups is 1. The van der Waals surface area contributed by atoms with Gasteiger partial charge in [-0.1, -0.05) is 38.3 Å². The number of nitrogens with one attached hydrogen (secondary N) is 1. The number of nitrogens with zero attached hydrogens (tertiary/aromatic N) is 8. The van der Waals surface area contributed by atoms with Crippen LogP contribution in [0.5, 0.6) is 11.5 Å². The molecule has 7 rings (SSSR count). The van der Waals surface area contributed by atoms with Crippen molar-refractivity contribution in [2.75, 3.05) is 0 Å². The van der Waals surface area contributed by atoms with Crippen LogP contribution in [0.25, 0.3) is 33.6 Å². The van der Waals surface area contributed by atoms with Crippen LogP contribution < -0.4 is 16.1 Å². The van der Waals surface area contributed by atoms with Gasteiger partial charge >= 0.3 is 17.3 Å². The first-order valence-electron chi connectivity index (χ1n) is 14.9. The number of rotatable bonds is 6. The van der Waals surface area contributed by atoms with E-state index in [9.17, 15) is 19.5 Å². The van der Waals surface area contributed by atoms with Crippen molar-refractivity contribution < 1.29 is 14.6 Å². The minimum Gasteiger partial charge on any atom is -0.507 e. The number of esters is 1. The quantitative estimate of drug-likeness (QED) is 0.210. The second-order valence-corrected chi connectivity index (χ2v) is 11.7. The Balaban J connectivity index is 1.25. The summed E-state index contributed by atoms with van der Waals surface area (Å²) in [6.45, 7) is 3.80. The van der Waals surface area contributed by atoms with Crippen molar-refractivity contribution in [2.45, 2.75) is 57.9 Å². The first-order chi connectivity index (χ1) is 21.7. The molecule has 14 nitrogen and oxygen atoms in total. The zero-order valence-electron chi connectivity index (χ0n) is 25.0. The minimum atomic E-state index is -0.876. The molecular formula is C31H31N9O5. The molecule has 0 amide bonds. The van der Waals surface area contributed by atoms with Gasteiger partial charge in [-0.15, -0.1) is 5.10 Å². The van der Waals surface area contributed by atoms with Gasteiger partial charge in [-0.05, 0) is 54.7 Å². The molecule has 0 radical (unpaired) electrons. The number of imidazole rings is 1. The second kappa shape index (κ2) is 10.9. The van der Waals surface area contributed by atoms with Crippen LogP contribution in [0.2, 0.25) is 0 Å². The number of ether oxygens (including phenoxy) is 1. The molecular weight excluding hydrogens is 578 g/mol. The van der Waals surface area contributed by atoms with Crippen LogP contribution in [0.15, 0.2) is 58.5 Å². The van der Waals surface area contributed by atoms with Gasteiger partial charge < -0.3 is 14.4 Å². The number of carbonyl (C=O) groups excluding carboxylic acids is 1. The van der Waals surface area contributed by atoms with Crippen LogP contribution in [0.4, 0.5) is 0 Å². The van der Waals surface area contributed by atoms with E-state index < -0.39 is 17.3 Å². The Bertz CT molecular complexity index is 2210. The monoisotopic (exact) mass is 609 g/mol. The molecule has 0 saturated heterocycles. The molecule has 2 N–H and O–H groups in total. The number of phenols is 1. The van der Waals surface area contributed by atoms with Crippen LogP contribution in [-0.4, -0.2) is 54.8 Å². The van der Waals surface area contributed by atoms with E-state index >= 15 is 0 Å². The number of phenolic OH excluding ortho intramolecular Hbond substituents is 1. The Hall–Kier alpha value is -5.53. The lowest BCUT2D eigenvalue weighted by molar-refractivity contribution is 0.0729. The van der Waals surface area contributed by atoms with E-state index in [0.29, 0.717) is 17.3 Å². The van der Waals surface area contributed by atoms with Gasteiger partial charge in [-0.3, -0.25) is 0 Å². The summed E-state index contributed by atoms with van der Waals surface area (Å²) in [6, 6.07) is 11.3. The molecule has 4 aromatic heterocycles. The molecule has 0 spiro atoms. The summed E-state index contributed by atoms with van der Waals surface area (Å²) in [7, 11) is 1.43. The largest absolute Gasteiger partial charge is 0.507 e. The van der Waals surface area contributed by atoms with Crippen molar-refractivity contribution in [3.63, 3.8) is 0 Å². The molecule has 1 aliphatic rings. The van der Waals surface area contributed by atoms with Gasteiger partial charge in [-0.25, -0.2) is 33.4 Å². The summed E-state index contributed by atoms with van der Waals surface area (Å²) < 4.78 is 11.5. The summed E-state index contributed by atoms with van der Waals surface area (Å²) in [5.74, 6) is -0.999. The number of aryl methyl sites for hydroxylation is 1. The maximum atomic E-state index is 13.2. The van der Waals surface area contributed by atoms with E-state index in [0.717, 1.165) is 32.8 Å². The first-order valence-corrected chi connectivity index (χ1v) is 14.9. The van der Waals surface area contributed by atoms with Crippen LogP contribution in [0.1, 0.15) is 74.0 Å². The Morgan fingerprint density at radius 3 is 2.67 bits per heavy atom. The smallest absolute Gasteiger partial charge is 0.366 e. The molecule has 6 aromatic rings. The van der Waals surface area contributed by atoms with Crippen molar-refractivity contribution in [2.24, 2.45) is 7.05 Å². The second-order valence-electron chi connectivity index (χ2n) is 11.7. The van der Waals surface area contributed by atoms with E-state index in [1.807, 2.05) is 32.0 Å². The number of hydrogen-bond acceptors (Lipinski definition) is 9. The van der Waals surface area contributed by atoms with Gasteiger partial charge in [0.2, 0.25) is 0 Å². The highest BCUT2D eigenvalue weighted by Gasteiger charge is 2.25. The topological polar surface area (TPSA) is 167 Å². The summed E-state index contributed by atoms with van der Waals surface area (Å²) in [5.41, 5.74) is 1.31. The SMILES string of the molecule is CC(C)c1cc(-c2n[nH]c(=O)n2-c2ccc3c(ccn3C3CCCCC3)c2)c(O)cc1OC(=O)c1ncn2c(=O)n(C)nnc12. The molecule has 1 saturated carbocycles. The van der Waals surface area contributed by atoms with Crippen LogP contribution in [0, 0.1) is 0 Å². The molecule has 0 atom stereocenters. The predicted octanol–water partition coefficient (Wildman–Crippen LogP) is 3.87. The fraction of sp³-hybridized carbons (Fsp3) is 0.323. The van der Waals surface area contributed by atoms with Gasteiger partial charge in [0.25, 0.3) is 0 Å². The third-order valence-corrected chi connectivity index (χ3v) is 8.49. The van der Waals surface area contributed by atoms with Crippen LogP contribution in [0.3, 0.4) is 0 Å². The Labute approximate surface area is 255 Å². The number of aromatic nitrogens is 9. The van der Waals surface area contributed by atoms with Crippen molar-refractivity contribution >= 4 is 22.5 Å². The third-order valence-electron chi connectivity index (χ3n) is 8.49. The first kappa shape index (κ1) is 28.3. The van der Waals surface area contributed by atoms with Gasteiger partial charge in [0.15, 0.2) is 17.2 Å². The molecule has 0 bridgehead atoms. The summed E-state index contributed by atoms with van der Waals surface area (Å²) in [6.07, 6.45) is 9.34. The van der Waals surface area contributed by atoms with Gasteiger partial charge in [0.05, 0.1) is 11.3 Å². The highest BCUT2D eigenvalue weighted by molar-refractivity contribution is 5.95. The molecule has 2 aromatic carbocycles. The summed E-state index contributed by atoms with van der Waals surface area (Å²) in [5, 5.41) is 26.6. The standard InChI is InChI=1S/C31H31N9O5/c1-17(2)21-14-22(24(41)15-25(21)45-29(42)26-28-34-36-37(3)31(44)39(28)16-32-26)27-33-35-30(43)40(27)20-9-10-23-18(13-20)11-12-38(23)19-7-5-4-6-8-19/h9-17,19,41H,4-8H2,1-3H3,(H,35,43). The Morgan fingerprint density at radius 2 is 1.89 bits per heavy atom. The number of hydrogen-bond donors (Lipinski definition) is 2. The zero-order valence-corrected chi connectivity index (χ0v) is 25.0. The number of fused-ring (bicyclic) bond motifs is 2. The minimum absolute atomic E-state index is 0.0540. The lowest BCUT2D eigenvalue weighted by Crippen LogP contribution is -2.27. The summed E-state index contributed by atoms with van der Waals surface area (Å²) >= 11 is 0. The number of benzene rings is 2. The number of aromatic amines is 1. The van der Waals surface area contributed by atoms with Gasteiger partial charge in [0, 0.05) is 36.3 Å². The zero-order chi connectivity index (χ0) is 31.4. The average molecular weight is 610 g/mol. The van der Waals surface area contributed by atoms with Crippen LogP contribution in [-0.2, 0) is 7.05 Å². The lowest BCUT2D eigenvalue weighted by atomic mass is 9.95. The molecule has 1 aliphatic carbocycles. The van der Waals surface area contributed by atoms with Gasteiger partial charge in [0.1, 0.15) is 17.8 Å². The van der Waals surface area contributed by atoms with E-state index in [1.165, 1.54) is 43.3 Å². The number of carbonyl (C=O) groups is 1. The summed E-state index contributed by atoms with van der Waals surface area (Å²) in [4.78, 5) is 42.6. The molecule has 0 aliphatic heterocycles. The van der Waals surface area contributed by atoms with Gasteiger partial charge in [-0.2, -0.15) is 9.78 Å². The number of H-pyrrole nitrogens is 1. The molecule has 230 valence electrons. The normalized spacial score (nSPS) is 14.1. The Kier molecular flexibility index (Phi) is 6.83. The van der Waals surface area contributed by atoms with Crippen molar-refractivity contribution in [1.82, 2.24) is 43.7 Å². The molecule has 45 heavy (non-hydrogen) atoms. The molecule has 1 fully saturated rings. The fourth-order valence-electron chi connectivity index (χ4n) is 6.16. The average Bonchev–Trinajstić information content (AvgIpc) is 3.76. The Morgan fingerprint density at radius 1 is 1.09 bits per heavy atom. The van der Waals surface area contributed by atoms with E-state index in [4.69, 9.17) is 4.74 Å².